The van der Waals surface area contributed by atoms with Crippen LogP contribution in [0.5, 0.6) is 0 Å². The van der Waals surface area contributed by atoms with Crippen LogP contribution in [0, 0.1) is 33.5 Å². The van der Waals surface area contributed by atoms with E-state index in [1.54, 1.807) is 6.26 Å². The zero-order valence-corrected chi connectivity index (χ0v) is 25.1. The van der Waals surface area contributed by atoms with Crippen LogP contribution in [0.4, 0.5) is 0 Å². The Bertz CT molecular complexity index is 1220. The molecule has 1 aliphatic heterocycles. The molecule has 1 saturated heterocycles. The predicted molar refractivity (Wildman–Crippen MR) is 144 cm³/mol. The van der Waals surface area contributed by atoms with Gasteiger partial charge in [0, 0.05) is 48.9 Å². The summed E-state index contributed by atoms with van der Waals surface area (Å²) in [6.45, 7) is 15.5. The molecule has 0 unspecified atom stereocenters. The van der Waals surface area contributed by atoms with Gasteiger partial charge in [0.05, 0.1) is 18.6 Å². The van der Waals surface area contributed by atoms with Gasteiger partial charge in [0.2, 0.25) is 0 Å². The third-order valence-electron chi connectivity index (χ3n) is 12.6. The van der Waals surface area contributed by atoms with Crippen LogP contribution in [-0.2, 0) is 33.3 Å². The van der Waals surface area contributed by atoms with E-state index in [2.05, 4.69) is 40.7 Å². The molecule has 4 saturated carbocycles. The Morgan fingerprint density at radius 2 is 1.45 bits per heavy atom. The van der Waals surface area contributed by atoms with E-state index in [4.69, 9.17) is 23.4 Å². The van der Waals surface area contributed by atoms with E-state index in [-0.39, 0.29) is 47.2 Å². The van der Waals surface area contributed by atoms with Crippen LogP contribution in [0.2, 0.25) is 0 Å². The van der Waals surface area contributed by atoms with Gasteiger partial charge in [-0.2, -0.15) is 0 Å². The van der Waals surface area contributed by atoms with Crippen molar-refractivity contribution in [2.75, 3.05) is 0 Å². The molecule has 0 aromatic carbocycles. The van der Waals surface area contributed by atoms with Crippen LogP contribution in [0.25, 0.3) is 0 Å². The summed E-state index contributed by atoms with van der Waals surface area (Å²) in [5.41, 5.74) is -0.842. The number of furan rings is 1. The second-order valence-electron chi connectivity index (χ2n) is 14.5. The zero-order chi connectivity index (χ0) is 29.0. The van der Waals surface area contributed by atoms with E-state index in [0.717, 1.165) is 19.3 Å². The Labute approximate surface area is 236 Å². The predicted octanol–water partition coefficient (Wildman–Crippen LogP) is 5.58. The van der Waals surface area contributed by atoms with Gasteiger partial charge in [-0.1, -0.05) is 34.6 Å². The molecular formula is C32H44O8. The number of hydrogen-bond donors (Lipinski definition) is 0. The molecule has 1 spiro atoms. The maximum Gasteiger partial charge on any atom is 0.302 e. The first-order valence-electron chi connectivity index (χ1n) is 14.9. The minimum atomic E-state index is -0.511. The monoisotopic (exact) mass is 556 g/mol. The van der Waals surface area contributed by atoms with Gasteiger partial charge in [-0.05, 0) is 55.1 Å². The molecule has 5 aliphatic rings. The lowest BCUT2D eigenvalue weighted by atomic mass is 9.35. The molecule has 1 aromatic rings. The highest BCUT2D eigenvalue weighted by atomic mass is 16.6. The SMILES string of the molecule is CC(=O)O[C@H]1C[C@@H](OC(C)=O)C(C)(C)[C@H]2C[C@H](OC(C)=O)[C@]3(C)[C@@H](CC[C@@]4(C)[C@H](c5ccoc5)C[C@H]5O[C@@]534)[C@@]12C. The molecule has 1 aromatic heterocycles. The van der Waals surface area contributed by atoms with Gasteiger partial charge < -0.3 is 23.4 Å². The fraction of sp³-hybridized carbons (Fsp3) is 0.781. The van der Waals surface area contributed by atoms with E-state index in [0.29, 0.717) is 12.8 Å². The smallest absolute Gasteiger partial charge is 0.302 e. The lowest BCUT2D eigenvalue weighted by molar-refractivity contribution is -0.289. The number of carbonyl (C=O) groups excluding carboxylic acids is 3. The molecule has 0 N–H and O–H groups in total. The Morgan fingerprint density at radius 3 is 2.05 bits per heavy atom. The number of rotatable bonds is 4. The molecule has 5 fully saturated rings. The highest BCUT2D eigenvalue weighted by Crippen LogP contribution is 2.83. The quantitative estimate of drug-likeness (QED) is 0.269. The number of hydrogen-bond acceptors (Lipinski definition) is 8. The minimum Gasteiger partial charge on any atom is -0.472 e. The van der Waals surface area contributed by atoms with Gasteiger partial charge in [-0.25, -0.2) is 0 Å². The van der Waals surface area contributed by atoms with E-state index >= 15 is 0 Å². The topological polar surface area (TPSA) is 105 Å². The lowest BCUT2D eigenvalue weighted by Crippen LogP contribution is -2.74. The largest absolute Gasteiger partial charge is 0.472 e. The molecule has 6 rings (SSSR count). The Morgan fingerprint density at radius 1 is 0.825 bits per heavy atom. The number of carbonyl (C=O) groups is 3. The second-order valence-corrected chi connectivity index (χ2v) is 14.5. The summed E-state index contributed by atoms with van der Waals surface area (Å²) in [7, 11) is 0. The van der Waals surface area contributed by atoms with Crippen molar-refractivity contribution < 1.29 is 37.7 Å². The van der Waals surface area contributed by atoms with Crippen molar-refractivity contribution in [3.63, 3.8) is 0 Å². The van der Waals surface area contributed by atoms with Gasteiger partial charge in [-0.3, -0.25) is 14.4 Å². The Hall–Kier alpha value is -2.35. The summed E-state index contributed by atoms with van der Waals surface area (Å²) in [4.78, 5) is 37.4. The maximum absolute atomic E-state index is 12.7. The van der Waals surface area contributed by atoms with E-state index in [1.807, 2.05) is 6.26 Å². The van der Waals surface area contributed by atoms with E-state index < -0.39 is 40.2 Å². The van der Waals surface area contributed by atoms with Gasteiger partial charge in [0.1, 0.15) is 23.9 Å². The number of fused-ring (bicyclic) bond motifs is 3. The number of esters is 3. The molecule has 8 nitrogen and oxygen atoms in total. The Kier molecular flexibility index (Phi) is 5.97. The number of ether oxygens (including phenoxy) is 4. The van der Waals surface area contributed by atoms with E-state index in [1.165, 1.54) is 26.3 Å². The molecule has 0 amide bonds. The first kappa shape index (κ1) is 27.8. The summed E-state index contributed by atoms with van der Waals surface area (Å²) in [5, 5.41) is 0. The third-order valence-corrected chi connectivity index (χ3v) is 12.6. The van der Waals surface area contributed by atoms with E-state index in [9.17, 15) is 14.4 Å². The van der Waals surface area contributed by atoms with Crippen molar-refractivity contribution in [3.8, 4) is 0 Å². The van der Waals surface area contributed by atoms with Crippen molar-refractivity contribution in [1.82, 2.24) is 0 Å². The van der Waals surface area contributed by atoms with Crippen LogP contribution in [0.3, 0.4) is 0 Å². The molecule has 0 radical (unpaired) electrons. The Balaban J connectivity index is 1.50. The van der Waals surface area contributed by atoms with Crippen molar-refractivity contribution in [3.05, 3.63) is 24.2 Å². The van der Waals surface area contributed by atoms with Gasteiger partial charge >= 0.3 is 17.9 Å². The number of epoxide rings is 1. The van der Waals surface area contributed by atoms with Crippen molar-refractivity contribution >= 4 is 17.9 Å². The van der Waals surface area contributed by atoms with Gasteiger partial charge in [0.25, 0.3) is 0 Å². The fourth-order valence-corrected chi connectivity index (χ4v) is 11.1. The average Bonchev–Trinajstić information content (AvgIpc) is 3.20. The molecule has 8 heteroatoms. The highest BCUT2D eigenvalue weighted by Gasteiger charge is 2.88. The molecular weight excluding hydrogens is 512 g/mol. The molecule has 2 heterocycles. The summed E-state index contributed by atoms with van der Waals surface area (Å²) in [6.07, 6.45) is 6.14. The van der Waals surface area contributed by atoms with Crippen molar-refractivity contribution in [2.24, 2.45) is 33.5 Å². The van der Waals surface area contributed by atoms with Crippen molar-refractivity contribution in [1.29, 1.82) is 0 Å². The van der Waals surface area contributed by atoms with Crippen molar-refractivity contribution in [2.45, 2.75) is 123 Å². The summed E-state index contributed by atoms with van der Waals surface area (Å²) in [5.74, 6) is -0.694. The third kappa shape index (κ3) is 3.31. The molecule has 220 valence electrons. The fourth-order valence-electron chi connectivity index (χ4n) is 11.1. The van der Waals surface area contributed by atoms with Crippen LogP contribution in [0.1, 0.15) is 99.0 Å². The van der Waals surface area contributed by atoms with Crippen LogP contribution >= 0.6 is 0 Å². The summed E-state index contributed by atoms with van der Waals surface area (Å²) < 4.78 is 30.7. The first-order chi connectivity index (χ1) is 18.6. The summed E-state index contributed by atoms with van der Waals surface area (Å²) in [6, 6.07) is 2.07. The normalized spacial score (nSPS) is 48.0. The molecule has 11 atom stereocenters. The standard InChI is InChI=1S/C32H44O8/c1-17(33)37-24-15-25(38-18(2)34)30(7)22-9-11-29(6)21(20-10-12-36-16-20)13-27-32(29,40-27)31(22,8)26(39-19(3)35)14-23(30)28(24,4)5/h10,12,16,21-27H,9,11,13-15H2,1-8H3/t21-,22-,23+,24+,25-,26-,27+,29-,30+,31-,32+/m0/s1. The maximum atomic E-state index is 12.7. The van der Waals surface area contributed by atoms with Gasteiger partial charge in [-0.15, -0.1) is 0 Å². The molecule has 4 aliphatic carbocycles. The molecule has 40 heavy (non-hydrogen) atoms. The van der Waals surface area contributed by atoms with Crippen LogP contribution in [-0.4, -0.2) is 47.9 Å². The first-order valence-corrected chi connectivity index (χ1v) is 14.9. The minimum absolute atomic E-state index is 0.0334. The summed E-state index contributed by atoms with van der Waals surface area (Å²) >= 11 is 0. The van der Waals surface area contributed by atoms with Crippen LogP contribution < -0.4 is 0 Å². The molecule has 0 bridgehead atoms. The lowest BCUT2D eigenvalue weighted by Gasteiger charge is -2.70. The average molecular weight is 557 g/mol. The van der Waals surface area contributed by atoms with Gasteiger partial charge in [0.15, 0.2) is 0 Å². The zero-order valence-electron chi connectivity index (χ0n) is 25.1. The highest BCUT2D eigenvalue weighted by molar-refractivity contribution is 5.67. The second kappa shape index (κ2) is 8.59. The van der Waals surface area contributed by atoms with Crippen LogP contribution in [0.15, 0.2) is 23.0 Å².